The fourth-order valence-electron chi connectivity index (χ4n) is 1.41. The average Bonchev–Trinajstić information content (AvgIpc) is 2.46. The van der Waals surface area contributed by atoms with Crippen LogP contribution in [0.3, 0.4) is 0 Å². The number of halogens is 1. The van der Waals surface area contributed by atoms with Crippen molar-refractivity contribution in [2.45, 2.75) is 0 Å². The maximum atomic E-state index is 12.6. The molecular formula is C15H14FNO2. The van der Waals surface area contributed by atoms with Crippen LogP contribution >= 0.6 is 0 Å². The number of benzene rings is 2. The summed E-state index contributed by atoms with van der Waals surface area (Å²) < 4.78 is 18.1. The Bertz CT molecular complexity index is 511. The number of rotatable bonds is 6. The van der Waals surface area contributed by atoms with E-state index < -0.39 is 0 Å². The summed E-state index contributed by atoms with van der Waals surface area (Å²) in [5, 5.41) is 3.78. The SMILES string of the molecule is Fc1ccc(/C=N/OCCOc2ccccc2)cc1. The third kappa shape index (κ3) is 4.79. The molecule has 0 aliphatic rings. The molecule has 0 aliphatic heterocycles. The van der Waals surface area contributed by atoms with E-state index in [9.17, 15) is 4.39 Å². The predicted octanol–water partition coefficient (Wildman–Crippen LogP) is 3.26. The van der Waals surface area contributed by atoms with Crippen molar-refractivity contribution >= 4 is 6.21 Å². The van der Waals surface area contributed by atoms with E-state index in [0.29, 0.717) is 13.2 Å². The first-order valence-corrected chi connectivity index (χ1v) is 5.93. The molecule has 0 radical (unpaired) electrons. The smallest absolute Gasteiger partial charge is 0.151 e. The van der Waals surface area contributed by atoms with Gasteiger partial charge in [-0.25, -0.2) is 4.39 Å². The van der Waals surface area contributed by atoms with Gasteiger partial charge in [-0.3, -0.25) is 0 Å². The van der Waals surface area contributed by atoms with Crippen LogP contribution in [0.25, 0.3) is 0 Å². The lowest BCUT2D eigenvalue weighted by Gasteiger charge is -2.04. The minimum atomic E-state index is -0.269. The molecule has 0 atom stereocenters. The molecule has 0 heterocycles. The molecule has 4 heteroatoms. The van der Waals surface area contributed by atoms with Crippen molar-refractivity contribution in [3.05, 3.63) is 66.0 Å². The van der Waals surface area contributed by atoms with E-state index in [2.05, 4.69) is 5.16 Å². The van der Waals surface area contributed by atoms with E-state index in [1.54, 1.807) is 12.1 Å². The molecule has 0 unspecified atom stereocenters. The van der Waals surface area contributed by atoms with Gasteiger partial charge in [0.05, 0.1) is 6.21 Å². The van der Waals surface area contributed by atoms with E-state index >= 15 is 0 Å². The van der Waals surface area contributed by atoms with Crippen LogP contribution in [0.2, 0.25) is 0 Å². The van der Waals surface area contributed by atoms with E-state index in [1.165, 1.54) is 18.3 Å². The summed E-state index contributed by atoms with van der Waals surface area (Å²) in [6.07, 6.45) is 1.53. The first-order chi connectivity index (χ1) is 9.34. The van der Waals surface area contributed by atoms with Crippen molar-refractivity contribution in [1.29, 1.82) is 0 Å². The molecule has 98 valence electrons. The molecule has 0 N–H and O–H groups in total. The Morgan fingerprint density at radius 3 is 2.42 bits per heavy atom. The highest BCUT2D eigenvalue weighted by Gasteiger charge is 1.92. The van der Waals surface area contributed by atoms with E-state index in [4.69, 9.17) is 9.57 Å². The van der Waals surface area contributed by atoms with Crippen LogP contribution in [0.5, 0.6) is 5.75 Å². The normalized spacial score (nSPS) is 10.6. The summed E-state index contributed by atoms with van der Waals surface area (Å²) in [6.45, 7) is 0.775. The molecule has 0 fully saturated rings. The second kappa shape index (κ2) is 7.16. The van der Waals surface area contributed by atoms with Crippen LogP contribution in [0, 0.1) is 5.82 Å². The highest BCUT2D eigenvalue weighted by molar-refractivity contribution is 5.78. The van der Waals surface area contributed by atoms with Gasteiger partial charge in [-0.2, -0.15) is 0 Å². The minimum absolute atomic E-state index is 0.269. The lowest BCUT2D eigenvalue weighted by Crippen LogP contribution is -2.04. The van der Waals surface area contributed by atoms with Crippen LogP contribution in [-0.2, 0) is 4.84 Å². The monoisotopic (exact) mass is 259 g/mol. The molecule has 0 saturated carbocycles. The zero-order chi connectivity index (χ0) is 13.3. The van der Waals surface area contributed by atoms with Crippen LogP contribution in [0.4, 0.5) is 4.39 Å². The van der Waals surface area contributed by atoms with Gasteiger partial charge in [0.25, 0.3) is 0 Å². The van der Waals surface area contributed by atoms with Gasteiger partial charge in [0.15, 0.2) is 6.61 Å². The Morgan fingerprint density at radius 1 is 0.947 bits per heavy atom. The first kappa shape index (κ1) is 13.1. The van der Waals surface area contributed by atoms with Crippen LogP contribution in [0.1, 0.15) is 5.56 Å². The third-order valence-electron chi connectivity index (χ3n) is 2.33. The standard InChI is InChI=1S/C15H14FNO2/c16-14-8-6-13(7-9-14)12-17-19-11-10-18-15-4-2-1-3-5-15/h1-9,12H,10-11H2/b17-12+. The lowest BCUT2D eigenvalue weighted by atomic mass is 10.2. The average molecular weight is 259 g/mol. The topological polar surface area (TPSA) is 30.8 Å². The third-order valence-corrected chi connectivity index (χ3v) is 2.33. The van der Waals surface area contributed by atoms with Gasteiger partial charge in [-0.1, -0.05) is 35.5 Å². The van der Waals surface area contributed by atoms with Crippen LogP contribution < -0.4 is 4.74 Å². The lowest BCUT2D eigenvalue weighted by molar-refractivity contribution is 0.108. The summed E-state index contributed by atoms with van der Waals surface area (Å²) in [5.41, 5.74) is 0.783. The molecule has 0 bridgehead atoms. The highest BCUT2D eigenvalue weighted by Crippen LogP contribution is 2.07. The van der Waals surface area contributed by atoms with Crippen molar-refractivity contribution in [3.63, 3.8) is 0 Å². The van der Waals surface area contributed by atoms with Gasteiger partial charge in [0, 0.05) is 0 Å². The fourth-order valence-corrected chi connectivity index (χ4v) is 1.41. The summed E-state index contributed by atoms with van der Waals surface area (Å²) in [6, 6.07) is 15.5. The zero-order valence-electron chi connectivity index (χ0n) is 10.3. The first-order valence-electron chi connectivity index (χ1n) is 5.93. The Hall–Kier alpha value is -2.36. The van der Waals surface area contributed by atoms with Crippen LogP contribution in [0.15, 0.2) is 59.8 Å². The predicted molar refractivity (Wildman–Crippen MR) is 71.9 cm³/mol. The Balaban J connectivity index is 1.65. The van der Waals surface area contributed by atoms with Gasteiger partial charge in [0.1, 0.15) is 18.2 Å². The van der Waals surface area contributed by atoms with Gasteiger partial charge < -0.3 is 9.57 Å². The van der Waals surface area contributed by atoms with Crippen molar-refractivity contribution in [2.75, 3.05) is 13.2 Å². The summed E-state index contributed by atoms with van der Waals surface area (Å²) in [7, 11) is 0. The van der Waals surface area contributed by atoms with Gasteiger partial charge in [-0.15, -0.1) is 0 Å². The van der Waals surface area contributed by atoms with Crippen LogP contribution in [-0.4, -0.2) is 19.4 Å². The summed E-state index contributed by atoms with van der Waals surface area (Å²) >= 11 is 0. The quantitative estimate of drug-likeness (QED) is 0.453. The van der Waals surface area contributed by atoms with Gasteiger partial charge in [-0.05, 0) is 29.8 Å². The van der Waals surface area contributed by atoms with E-state index in [1.807, 2.05) is 30.3 Å². The second-order valence-corrected chi connectivity index (χ2v) is 3.78. The fraction of sp³-hybridized carbons (Fsp3) is 0.133. The molecule has 0 aromatic heterocycles. The Labute approximate surface area is 111 Å². The molecule has 3 nitrogen and oxygen atoms in total. The van der Waals surface area contributed by atoms with Crippen molar-refractivity contribution in [2.24, 2.45) is 5.16 Å². The van der Waals surface area contributed by atoms with Crippen molar-refractivity contribution < 1.29 is 14.0 Å². The van der Waals surface area contributed by atoms with E-state index in [-0.39, 0.29) is 5.82 Å². The molecule has 2 aromatic rings. The number of nitrogens with zero attached hydrogens (tertiary/aromatic N) is 1. The van der Waals surface area contributed by atoms with Gasteiger partial charge in [0.2, 0.25) is 0 Å². The van der Waals surface area contributed by atoms with Crippen molar-refractivity contribution in [3.8, 4) is 5.75 Å². The van der Waals surface area contributed by atoms with Gasteiger partial charge >= 0.3 is 0 Å². The molecule has 0 saturated heterocycles. The molecule has 0 aliphatic carbocycles. The largest absolute Gasteiger partial charge is 0.490 e. The highest BCUT2D eigenvalue weighted by atomic mass is 19.1. The zero-order valence-corrected chi connectivity index (χ0v) is 10.3. The maximum absolute atomic E-state index is 12.6. The number of hydrogen-bond donors (Lipinski definition) is 0. The summed E-state index contributed by atoms with van der Waals surface area (Å²) in [5.74, 6) is 0.531. The molecule has 0 spiro atoms. The number of oxime groups is 1. The number of para-hydroxylation sites is 1. The second-order valence-electron chi connectivity index (χ2n) is 3.78. The molecule has 0 amide bonds. The Kier molecular flexibility index (Phi) is 4.93. The maximum Gasteiger partial charge on any atom is 0.151 e. The van der Waals surface area contributed by atoms with E-state index in [0.717, 1.165) is 11.3 Å². The number of ether oxygens (including phenoxy) is 1. The molecule has 19 heavy (non-hydrogen) atoms. The molecule has 2 rings (SSSR count). The summed E-state index contributed by atoms with van der Waals surface area (Å²) in [4.78, 5) is 5.04. The molecular weight excluding hydrogens is 245 g/mol. The molecule has 2 aromatic carbocycles. The minimum Gasteiger partial charge on any atom is -0.490 e. The number of hydrogen-bond acceptors (Lipinski definition) is 3. The van der Waals surface area contributed by atoms with Crippen molar-refractivity contribution in [1.82, 2.24) is 0 Å². The Morgan fingerprint density at radius 2 is 1.68 bits per heavy atom.